The van der Waals surface area contributed by atoms with E-state index in [-0.39, 0.29) is 11.9 Å². The molecule has 1 unspecified atom stereocenters. The van der Waals surface area contributed by atoms with E-state index in [4.69, 9.17) is 9.72 Å². The largest absolute Gasteiger partial charge is 0.394 e. The minimum atomic E-state index is -0.131. The van der Waals surface area contributed by atoms with Crippen LogP contribution in [0.2, 0.25) is 0 Å². The van der Waals surface area contributed by atoms with Crippen molar-refractivity contribution in [2.45, 2.75) is 33.7 Å². The smallest absolute Gasteiger partial charge is 0.251 e. The van der Waals surface area contributed by atoms with Crippen LogP contribution < -0.4 is 15.5 Å². The fourth-order valence-electron chi connectivity index (χ4n) is 3.41. The quantitative estimate of drug-likeness (QED) is 0.567. The van der Waals surface area contributed by atoms with Gasteiger partial charge in [0.15, 0.2) is 0 Å². The molecule has 1 atom stereocenters. The fourth-order valence-corrected chi connectivity index (χ4v) is 3.41. The van der Waals surface area contributed by atoms with E-state index in [2.05, 4.69) is 27.4 Å². The lowest BCUT2D eigenvalue weighted by molar-refractivity contribution is 0.0961. The summed E-state index contributed by atoms with van der Waals surface area (Å²) in [6.07, 6.45) is 3.86. The monoisotopic (exact) mass is 399 g/mol. The molecule has 0 bridgehead atoms. The highest BCUT2D eigenvalue weighted by molar-refractivity contribution is 6.15. The zero-order valence-corrected chi connectivity index (χ0v) is 18.6. The van der Waals surface area contributed by atoms with Crippen LogP contribution >= 0.6 is 0 Å². The Bertz CT molecular complexity index is 838. The molecule has 1 fully saturated rings. The molecule has 0 saturated carbocycles. The van der Waals surface area contributed by atoms with Gasteiger partial charge in [-0.05, 0) is 51.6 Å². The first-order valence-electron chi connectivity index (χ1n) is 9.92. The number of ether oxygens (including phenoxy) is 1. The maximum Gasteiger partial charge on any atom is 0.251 e. The highest BCUT2D eigenvalue weighted by Crippen LogP contribution is 2.26. The summed E-state index contributed by atoms with van der Waals surface area (Å²) in [4.78, 5) is 24.4. The lowest BCUT2D eigenvalue weighted by atomic mass is 9.96. The number of hydrogen-bond donors (Lipinski definition) is 2. The van der Waals surface area contributed by atoms with Crippen LogP contribution in [-0.4, -0.2) is 63.5 Å². The average molecular weight is 400 g/mol. The Hall–Kier alpha value is -2.67. The van der Waals surface area contributed by atoms with Gasteiger partial charge in [-0.15, -0.1) is 0 Å². The van der Waals surface area contributed by atoms with Gasteiger partial charge in [0, 0.05) is 38.8 Å². The van der Waals surface area contributed by atoms with Crippen molar-refractivity contribution in [1.29, 1.82) is 0 Å². The van der Waals surface area contributed by atoms with Crippen LogP contribution in [0.3, 0.4) is 0 Å². The summed E-state index contributed by atoms with van der Waals surface area (Å²) in [6.45, 7) is 10.1. The number of carbonyl (C=O) groups excluding carboxylic acids is 1. The second-order valence-corrected chi connectivity index (χ2v) is 7.31. The molecule has 0 radical (unpaired) electrons. The Morgan fingerprint density at radius 2 is 2.10 bits per heavy atom. The highest BCUT2D eigenvalue weighted by atomic mass is 16.5. The SMILES string of the molecule is CN=C(C(/C=C\NC)=C(C)C)c1nc(N2CCOCC2C)cc(C(=O)NC)c1C. The predicted octanol–water partition coefficient (Wildman–Crippen LogP) is 2.46. The topological polar surface area (TPSA) is 78.8 Å². The van der Waals surface area contributed by atoms with E-state index in [1.54, 1.807) is 14.1 Å². The van der Waals surface area contributed by atoms with Crippen LogP contribution in [0.4, 0.5) is 5.82 Å². The zero-order chi connectivity index (χ0) is 21.6. The molecule has 1 aliphatic rings. The molecule has 29 heavy (non-hydrogen) atoms. The number of nitrogens with zero attached hydrogens (tertiary/aromatic N) is 3. The molecule has 2 rings (SSSR count). The third kappa shape index (κ3) is 5.03. The van der Waals surface area contributed by atoms with Crippen molar-refractivity contribution in [2.75, 3.05) is 45.8 Å². The Morgan fingerprint density at radius 1 is 1.38 bits per heavy atom. The van der Waals surface area contributed by atoms with Crippen molar-refractivity contribution in [3.8, 4) is 0 Å². The summed E-state index contributed by atoms with van der Waals surface area (Å²) < 4.78 is 5.57. The Kier molecular flexibility index (Phi) is 7.96. The van der Waals surface area contributed by atoms with Gasteiger partial charge in [-0.25, -0.2) is 4.98 Å². The lowest BCUT2D eigenvalue weighted by Gasteiger charge is -2.35. The number of aromatic nitrogens is 1. The molecule has 1 saturated heterocycles. The molecule has 7 nitrogen and oxygen atoms in total. The first-order valence-corrected chi connectivity index (χ1v) is 9.92. The molecule has 0 aromatic carbocycles. The molecular formula is C22H33N5O2. The first-order chi connectivity index (χ1) is 13.8. The zero-order valence-electron chi connectivity index (χ0n) is 18.6. The van der Waals surface area contributed by atoms with Gasteiger partial charge in [-0.2, -0.15) is 0 Å². The van der Waals surface area contributed by atoms with Crippen molar-refractivity contribution in [2.24, 2.45) is 4.99 Å². The van der Waals surface area contributed by atoms with Crippen molar-refractivity contribution in [1.82, 2.24) is 15.6 Å². The van der Waals surface area contributed by atoms with Crippen molar-refractivity contribution in [3.05, 3.63) is 46.3 Å². The molecule has 0 spiro atoms. The van der Waals surface area contributed by atoms with Gasteiger partial charge in [0.05, 0.1) is 30.7 Å². The number of amides is 1. The third-order valence-electron chi connectivity index (χ3n) is 5.05. The van der Waals surface area contributed by atoms with Crippen LogP contribution in [-0.2, 0) is 4.74 Å². The molecule has 1 aliphatic heterocycles. The molecule has 1 aromatic heterocycles. The molecule has 0 aliphatic carbocycles. The molecule has 7 heteroatoms. The van der Waals surface area contributed by atoms with Gasteiger partial charge in [-0.3, -0.25) is 9.79 Å². The second-order valence-electron chi connectivity index (χ2n) is 7.31. The number of anilines is 1. The Morgan fingerprint density at radius 3 is 2.66 bits per heavy atom. The van der Waals surface area contributed by atoms with Gasteiger partial charge in [0.25, 0.3) is 5.91 Å². The van der Waals surface area contributed by atoms with Gasteiger partial charge in [0.2, 0.25) is 0 Å². The summed E-state index contributed by atoms with van der Waals surface area (Å²) in [5.74, 6) is 0.639. The van der Waals surface area contributed by atoms with E-state index in [9.17, 15) is 4.79 Å². The summed E-state index contributed by atoms with van der Waals surface area (Å²) >= 11 is 0. The number of morpholine rings is 1. The van der Waals surface area contributed by atoms with E-state index in [1.807, 2.05) is 46.2 Å². The molecule has 2 N–H and O–H groups in total. The van der Waals surface area contributed by atoms with Crippen LogP contribution in [0.5, 0.6) is 0 Å². The Labute approximate surface area is 173 Å². The van der Waals surface area contributed by atoms with Crippen molar-refractivity contribution in [3.63, 3.8) is 0 Å². The summed E-state index contributed by atoms with van der Waals surface area (Å²) in [7, 11) is 5.26. The molecular weight excluding hydrogens is 366 g/mol. The molecule has 1 aromatic rings. The lowest BCUT2D eigenvalue weighted by Crippen LogP contribution is -2.44. The van der Waals surface area contributed by atoms with Gasteiger partial charge in [-0.1, -0.05) is 5.57 Å². The molecule has 1 amide bonds. The van der Waals surface area contributed by atoms with Gasteiger partial charge in [0.1, 0.15) is 5.82 Å². The first kappa shape index (κ1) is 22.6. The summed E-state index contributed by atoms with van der Waals surface area (Å²) in [5.41, 5.74) is 5.00. The van der Waals surface area contributed by atoms with Gasteiger partial charge < -0.3 is 20.3 Å². The number of aliphatic imine (C=N–C) groups is 1. The second kappa shape index (κ2) is 10.2. The van der Waals surface area contributed by atoms with Crippen LogP contribution in [0.1, 0.15) is 42.4 Å². The normalized spacial score (nSPS) is 17.4. The summed E-state index contributed by atoms with van der Waals surface area (Å²) in [6, 6.07) is 2.05. The van der Waals surface area contributed by atoms with Crippen LogP contribution in [0.25, 0.3) is 0 Å². The van der Waals surface area contributed by atoms with Crippen LogP contribution in [0.15, 0.2) is 34.5 Å². The minimum Gasteiger partial charge on any atom is -0.394 e. The van der Waals surface area contributed by atoms with E-state index in [0.717, 1.165) is 40.5 Å². The maximum absolute atomic E-state index is 12.6. The number of rotatable bonds is 6. The number of allylic oxidation sites excluding steroid dienone is 3. The summed E-state index contributed by atoms with van der Waals surface area (Å²) in [5, 5.41) is 5.78. The molecule has 2 heterocycles. The number of hydrogen-bond acceptors (Lipinski definition) is 6. The maximum atomic E-state index is 12.6. The van der Waals surface area contributed by atoms with E-state index in [0.29, 0.717) is 18.8 Å². The number of carbonyl (C=O) groups is 1. The predicted molar refractivity (Wildman–Crippen MR) is 119 cm³/mol. The highest BCUT2D eigenvalue weighted by Gasteiger charge is 2.25. The average Bonchev–Trinajstić information content (AvgIpc) is 2.71. The van der Waals surface area contributed by atoms with Crippen molar-refractivity contribution >= 4 is 17.4 Å². The van der Waals surface area contributed by atoms with Gasteiger partial charge >= 0.3 is 0 Å². The third-order valence-corrected chi connectivity index (χ3v) is 5.05. The fraction of sp³-hybridized carbons (Fsp3) is 0.500. The number of pyridine rings is 1. The standard InChI is InChI=1S/C22H33N5O2/c1-14(2)17(8-9-23-5)21(24-6)20-16(4)18(22(28)25-7)12-19(26-20)27-10-11-29-13-15(27)3/h8-9,12,15,23H,10-11,13H2,1-7H3,(H,25,28)/b9-8-,24-21?. The van der Waals surface area contributed by atoms with E-state index in [1.165, 1.54) is 0 Å². The van der Waals surface area contributed by atoms with Crippen LogP contribution in [0, 0.1) is 6.92 Å². The number of nitrogens with one attached hydrogen (secondary N) is 2. The molecule has 158 valence electrons. The van der Waals surface area contributed by atoms with Crippen molar-refractivity contribution < 1.29 is 9.53 Å². The van der Waals surface area contributed by atoms with E-state index >= 15 is 0 Å². The minimum absolute atomic E-state index is 0.131. The Balaban J connectivity index is 2.71. The van der Waals surface area contributed by atoms with E-state index < -0.39 is 0 Å².